The van der Waals surface area contributed by atoms with E-state index in [1.165, 1.54) is 20.3 Å². The average molecular weight is 838 g/mol. The highest BCUT2D eigenvalue weighted by Crippen LogP contribution is 2.42. The Hall–Kier alpha value is -3.12. The monoisotopic (exact) mass is 837 g/mol. The fourth-order valence-electron chi connectivity index (χ4n) is 8.17. The molecule has 0 aliphatic carbocycles. The summed E-state index contributed by atoms with van der Waals surface area (Å²) >= 11 is 0. The zero-order valence-corrected chi connectivity index (χ0v) is 36.6. The molecule has 2 fully saturated rings. The molecule has 15 heteroatoms. The number of aliphatic hydroxyl groups excluding tert-OH is 4. The third-order valence-electron chi connectivity index (χ3n) is 12.0. The number of allylic oxidation sites excluding steroid dienone is 6. The van der Waals surface area contributed by atoms with Gasteiger partial charge >= 0.3 is 12.1 Å². The molecule has 0 radical (unpaired) electrons. The Morgan fingerprint density at radius 1 is 1.05 bits per heavy atom. The van der Waals surface area contributed by atoms with Gasteiger partial charge in [-0.3, -0.25) is 0 Å². The van der Waals surface area contributed by atoms with Crippen LogP contribution in [0.2, 0.25) is 0 Å². The molecular formula is C44H71NO14. The normalized spacial score (nSPS) is 41.9. The van der Waals surface area contributed by atoms with Crippen molar-refractivity contribution in [2.75, 3.05) is 14.2 Å². The molecular weight excluding hydrogens is 766 g/mol. The highest BCUT2D eigenvalue weighted by molar-refractivity contribution is 5.87. The standard InChI is InChI=1S/C44H71NO14/c1-12-14-34-27(6)37(56-38-21-33(48)41(30(9)55-38)58-43(45)51)22-44(52,59-34)29(8)39(49)28(7)40-35(53-10)16-13-15-23(2)17-25(4)31(46)20-32(47)26(5)18-24(3)19-36(54-11)42(50)57-40/h12-16,18-19,25-35,37-41,46-49,52H,17,20-22H2,1-11H3,(H2,45,51)/b14-12+,16-13-,23-15+,24-18-,36-19-/t25-,26-,27-,28+,29+,30-,31-,32+,33-,34-,35?,37-,38+,39-,40-,41-,44-/m1/s1. The van der Waals surface area contributed by atoms with Crippen LogP contribution in [0.1, 0.15) is 88.0 Å². The third-order valence-corrected chi connectivity index (χ3v) is 12.0. The Labute approximate surface area is 349 Å². The Kier molecular flexibility index (Phi) is 19.3. The molecule has 0 aromatic rings. The third kappa shape index (κ3) is 13.7. The van der Waals surface area contributed by atoms with Crippen molar-refractivity contribution in [2.24, 2.45) is 35.3 Å². The minimum absolute atomic E-state index is 0.0306. The number of methoxy groups -OCH3 is 2. The molecule has 0 saturated carbocycles. The van der Waals surface area contributed by atoms with E-state index in [2.05, 4.69) is 0 Å². The van der Waals surface area contributed by atoms with Crippen molar-refractivity contribution >= 4 is 12.1 Å². The van der Waals surface area contributed by atoms with Crippen LogP contribution in [-0.4, -0.2) is 125 Å². The number of aliphatic hydroxyl groups is 5. The second-order valence-electron chi connectivity index (χ2n) is 16.8. The lowest BCUT2D eigenvalue weighted by molar-refractivity contribution is -0.338. The highest BCUT2D eigenvalue weighted by atomic mass is 16.7. The summed E-state index contributed by atoms with van der Waals surface area (Å²) in [6.07, 6.45) is 1.79. The van der Waals surface area contributed by atoms with Crippen LogP contribution < -0.4 is 5.73 Å². The molecule has 2 saturated heterocycles. The van der Waals surface area contributed by atoms with Crippen LogP contribution >= 0.6 is 0 Å². The van der Waals surface area contributed by atoms with Crippen LogP contribution in [-0.2, 0) is 38.0 Å². The van der Waals surface area contributed by atoms with E-state index in [0.29, 0.717) is 12.0 Å². The van der Waals surface area contributed by atoms with Gasteiger partial charge in [-0.1, -0.05) is 82.2 Å². The van der Waals surface area contributed by atoms with Gasteiger partial charge in [0.25, 0.3) is 0 Å². The number of esters is 1. The van der Waals surface area contributed by atoms with E-state index >= 15 is 0 Å². The quantitative estimate of drug-likeness (QED) is 0.133. The fourth-order valence-corrected chi connectivity index (χ4v) is 8.17. The minimum Gasteiger partial charge on any atom is -0.490 e. The summed E-state index contributed by atoms with van der Waals surface area (Å²) in [5, 5.41) is 57.0. The molecule has 3 heterocycles. The van der Waals surface area contributed by atoms with Crippen molar-refractivity contribution in [3.05, 3.63) is 59.4 Å². The summed E-state index contributed by atoms with van der Waals surface area (Å²) in [6, 6.07) is 0. The molecule has 3 aliphatic rings. The second-order valence-corrected chi connectivity index (χ2v) is 16.8. The zero-order valence-electron chi connectivity index (χ0n) is 36.6. The lowest BCUT2D eigenvalue weighted by Gasteiger charge is -2.49. The number of hydrogen-bond acceptors (Lipinski definition) is 14. The summed E-state index contributed by atoms with van der Waals surface area (Å²) in [7, 11) is 2.80. The van der Waals surface area contributed by atoms with E-state index in [-0.39, 0.29) is 42.8 Å². The summed E-state index contributed by atoms with van der Waals surface area (Å²) in [6.45, 7) is 16.1. The number of carbonyl (C=O) groups is 2. The van der Waals surface area contributed by atoms with E-state index in [1.54, 1.807) is 58.1 Å². The van der Waals surface area contributed by atoms with Gasteiger partial charge < -0.3 is 64.4 Å². The van der Waals surface area contributed by atoms with Gasteiger partial charge in [-0.2, -0.15) is 0 Å². The van der Waals surface area contributed by atoms with Gasteiger partial charge in [0.15, 0.2) is 18.2 Å². The molecule has 15 nitrogen and oxygen atoms in total. The highest BCUT2D eigenvalue weighted by Gasteiger charge is 2.52. The minimum atomic E-state index is -1.97. The Balaban J connectivity index is 1.98. The number of cyclic esters (lactones) is 1. The molecule has 0 aromatic carbocycles. The first-order valence-corrected chi connectivity index (χ1v) is 20.7. The van der Waals surface area contributed by atoms with Crippen molar-refractivity contribution in [2.45, 2.75) is 161 Å². The predicted octanol–water partition coefficient (Wildman–Crippen LogP) is 4.35. The summed E-state index contributed by atoms with van der Waals surface area (Å²) in [4.78, 5) is 25.2. The predicted molar refractivity (Wildman–Crippen MR) is 219 cm³/mol. The molecule has 3 aliphatic heterocycles. The van der Waals surface area contributed by atoms with E-state index in [0.717, 1.165) is 5.57 Å². The number of nitrogens with two attached hydrogens (primary N) is 1. The number of carbonyl (C=O) groups excluding carboxylic acids is 2. The first-order chi connectivity index (χ1) is 27.7. The molecule has 7 N–H and O–H groups in total. The van der Waals surface area contributed by atoms with Crippen LogP contribution in [0.5, 0.6) is 0 Å². The smallest absolute Gasteiger partial charge is 0.404 e. The topological polar surface area (TPSA) is 226 Å². The van der Waals surface area contributed by atoms with Crippen LogP contribution in [0.3, 0.4) is 0 Å². The number of ether oxygens (including phenoxy) is 7. The SMILES string of the molecule is C/C=C/[C@H]1O[C@@](O)([C@@H](C)[C@H](O)[C@H](C)[C@H]2OC(=O)/C(OC)=C/C(C)=C\[C@@H](C)[C@@H](O)C[C@@H](O)[C@H](C)C/C(C)=C/C=C\C2OC)C[C@@H](O[C@H]2C[C@@H](O)[C@H](OC(N)=O)[C@@H](C)O2)[C@@H]1C. The van der Waals surface area contributed by atoms with Crippen molar-refractivity contribution in [3.63, 3.8) is 0 Å². The molecule has 17 atom stereocenters. The largest absolute Gasteiger partial charge is 0.490 e. The number of amides is 1. The van der Waals surface area contributed by atoms with Crippen molar-refractivity contribution in [1.82, 2.24) is 0 Å². The number of hydrogen-bond donors (Lipinski definition) is 6. The van der Waals surface area contributed by atoms with Gasteiger partial charge in [0.2, 0.25) is 5.76 Å². The van der Waals surface area contributed by atoms with E-state index in [9.17, 15) is 35.1 Å². The van der Waals surface area contributed by atoms with Crippen molar-refractivity contribution < 1.29 is 68.3 Å². The Bertz CT molecular complexity index is 1520. The maximum absolute atomic E-state index is 13.8. The van der Waals surface area contributed by atoms with Crippen molar-refractivity contribution in [1.29, 1.82) is 0 Å². The van der Waals surface area contributed by atoms with Gasteiger partial charge in [0, 0.05) is 50.0 Å². The second kappa shape index (κ2) is 22.6. The van der Waals surface area contributed by atoms with Crippen molar-refractivity contribution in [3.8, 4) is 0 Å². The van der Waals surface area contributed by atoms with Crippen LogP contribution in [0.15, 0.2) is 59.4 Å². The fraction of sp³-hybridized carbons (Fsp3) is 0.727. The molecule has 0 spiro atoms. The Morgan fingerprint density at radius 2 is 1.73 bits per heavy atom. The average Bonchev–Trinajstić information content (AvgIpc) is 3.16. The molecule has 1 amide bonds. The molecule has 0 bridgehead atoms. The van der Waals surface area contributed by atoms with E-state index < -0.39 is 97.0 Å². The van der Waals surface area contributed by atoms with Crippen LogP contribution in [0.4, 0.5) is 4.79 Å². The first kappa shape index (κ1) is 50.2. The summed E-state index contributed by atoms with van der Waals surface area (Å²) < 4.78 is 41.2. The van der Waals surface area contributed by atoms with E-state index in [4.69, 9.17) is 38.9 Å². The van der Waals surface area contributed by atoms with Gasteiger partial charge in [0.1, 0.15) is 12.2 Å². The van der Waals surface area contributed by atoms with Crippen LogP contribution in [0, 0.1) is 29.6 Å². The molecule has 336 valence electrons. The van der Waals surface area contributed by atoms with E-state index in [1.807, 2.05) is 40.7 Å². The van der Waals surface area contributed by atoms with Gasteiger partial charge in [-0.05, 0) is 46.1 Å². The Morgan fingerprint density at radius 3 is 2.32 bits per heavy atom. The molecule has 3 rings (SSSR count). The van der Waals surface area contributed by atoms with Gasteiger partial charge in [-0.15, -0.1) is 0 Å². The summed E-state index contributed by atoms with van der Waals surface area (Å²) in [5.74, 6) is -5.57. The maximum atomic E-state index is 13.8. The molecule has 1 unspecified atom stereocenters. The van der Waals surface area contributed by atoms with Gasteiger partial charge in [-0.25, -0.2) is 9.59 Å². The number of rotatable bonds is 10. The van der Waals surface area contributed by atoms with Gasteiger partial charge in [0.05, 0.1) is 49.8 Å². The lowest BCUT2D eigenvalue weighted by Crippen LogP contribution is -2.59. The molecule has 0 aromatic heterocycles. The maximum Gasteiger partial charge on any atom is 0.404 e. The number of primary amides is 1. The van der Waals surface area contributed by atoms with Crippen LogP contribution in [0.25, 0.3) is 0 Å². The first-order valence-electron chi connectivity index (χ1n) is 20.7. The molecule has 59 heavy (non-hydrogen) atoms. The summed E-state index contributed by atoms with van der Waals surface area (Å²) in [5.41, 5.74) is 6.77. The zero-order chi connectivity index (χ0) is 44.4. The lowest BCUT2D eigenvalue weighted by atomic mass is 9.77.